The zero-order valence-corrected chi connectivity index (χ0v) is 18.4. The predicted molar refractivity (Wildman–Crippen MR) is 118 cm³/mol. The lowest BCUT2D eigenvalue weighted by Gasteiger charge is -2.34. The number of hydrogen-bond donors (Lipinski definition) is 3. The van der Waals surface area contributed by atoms with Gasteiger partial charge in [-0.2, -0.15) is 0 Å². The largest absolute Gasteiger partial charge is 0.379 e. The summed E-state index contributed by atoms with van der Waals surface area (Å²) in [6, 6.07) is 6.86. The van der Waals surface area contributed by atoms with Gasteiger partial charge < -0.3 is 20.7 Å². The number of rotatable bonds is 10. The smallest absolute Gasteiger partial charge is 0.221 e. The highest BCUT2D eigenvalue weighted by molar-refractivity contribution is 5.81. The molecule has 3 N–H and O–H groups in total. The quantitative estimate of drug-likeness (QED) is 0.398. The average molecular weight is 422 g/mol. The van der Waals surface area contributed by atoms with Crippen molar-refractivity contribution in [2.24, 2.45) is 4.99 Å². The van der Waals surface area contributed by atoms with E-state index in [1.807, 2.05) is 32.9 Å². The maximum atomic E-state index is 13.4. The van der Waals surface area contributed by atoms with Gasteiger partial charge in [0, 0.05) is 38.6 Å². The first kappa shape index (κ1) is 24.1. The van der Waals surface area contributed by atoms with Crippen molar-refractivity contribution in [1.82, 2.24) is 20.9 Å². The first-order valence-electron chi connectivity index (χ1n) is 10.9. The van der Waals surface area contributed by atoms with Crippen LogP contribution in [0.1, 0.15) is 45.2 Å². The number of guanidine groups is 1. The SMILES string of the molecule is CCNC(=NCC(c1ccc(F)cc1)N1CCOCC1)NCCC(=O)NC(C)CC. The molecule has 30 heavy (non-hydrogen) atoms. The number of benzene rings is 1. The van der Waals surface area contributed by atoms with Gasteiger partial charge in [-0.05, 0) is 38.0 Å². The third-order valence-corrected chi connectivity index (χ3v) is 5.17. The van der Waals surface area contributed by atoms with Crippen LogP contribution >= 0.6 is 0 Å². The molecule has 0 aliphatic carbocycles. The van der Waals surface area contributed by atoms with Crippen molar-refractivity contribution in [3.8, 4) is 0 Å². The van der Waals surface area contributed by atoms with E-state index in [4.69, 9.17) is 9.73 Å². The molecule has 1 aliphatic heterocycles. The van der Waals surface area contributed by atoms with Crippen molar-refractivity contribution in [2.45, 2.75) is 45.7 Å². The van der Waals surface area contributed by atoms with Crippen molar-refractivity contribution in [3.63, 3.8) is 0 Å². The Kier molecular flexibility index (Phi) is 10.6. The van der Waals surface area contributed by atoms with Crippen molar-refractivity contribution >= 4 is 11.9 Å². The van der Waals surface area contributed by atoms with Crippen LogP contribution in [0.4, 0.5) is 4.39 Å². The molecule has 1 aromatic rings. The second-order valence-corrected chi connectivity index (χ2v) is 7.49. The number of hydrogen-bond acceptors (Lipinski definition) is 4. The van der Waals surface area contributed by atoms with Gasteiger partial charge in [0.1, 0.15) is 5.82 Å². The molecule has 2 unspecified atom stereocenters. The van der Waals surface area contributed by atoms with E-state index in [-0.39, 0.29) is 23.8 Å². The van der Waals surface area contributed by atoms with Crippen LogP contribution in [-0.2, 0) is 9.53 Å². The highest BCUT2D eigenvalue weighted by Gasteiger charge is 2.22. The van der Waals surface area contributed by atoms with Crippen LogP contribution in [0.2, 0.25) is 0 Å². The summed E-state index contributed by atoms with van der Waals surface area (Å²) in [5, 5.41) is 9.43. The van der Waals surface area contributed by atoms with Gasteiger partial charge in [-0.1, -0.05) is 19.1 Å². The van der Waals surface area contributed by atoms with Crippen LogP contribution in [0.25, 0.3) is 0 Å². The molecule has 1 heterocycles. The molecular weight excluding hydrogens is 385 g/mol. The predicted octanol–water partition coefficient (Wildman–Crippen LogP) is 2.06. The van der Waals surface area contributed by atoms with E-state index in [9.17, 15) is 9.18 Å². The average Bonchev–Trinajstić information content (AvgIpc) is 2.75. The lowest BCUT2D eigenvalue weighted by molar-refractivity contribution is -0.121. The Morgan fingerprint density at radius 1 is 1.20 bits per heavy atom. The third kappa shape index (κ3) is 8.28. The monoisotopic (exact) mass is 421 g/mol. The van der Waals surface area contributed by atoms with E-state index in [0.717, 1.165) is 31.6 Å². The standard InChI is InChI=1S/C22H36FN5O2/c1-4-17(3)27-21(29)10-11-25-22(24-5-2)26-16-20(28-12-14-30-15-13-28)18-6-8-19(23)9-7-18/h6-9,17,20H,4-5,10-16H2,1-3H3,(H,27,29)(H2,24,25,26). The second-order valence-electron chi connectivity index (χ2n) is 7.49. The van der Waals surface area contributed by atoms with Gasteiger partial charge in [0.25, 0.3) is 0 Å². The van der Waals surface area contributed by atoms with Crippen molar-refractivity contribution in [3.05, 3.63) is 35.6 Å². The Hall–Kier alpha value is -2.19. The van der Waals surface area contributed by atoms with E-state index >= 15 is 0 Å². The van der Waals surface area contributed by atoms with Crippen LogP contribution in [0.15, 0.2) is 29.3 Å². The number of carbonyl (C=O) groups is 1. The highest BCUT2D eigenvalue weighted by Crippen LogP contribution is 2.22. The van der Waals surface area contributed by atoms with Crippen LogP contribution in [0.5, 0.6) is 0 Å². The van der Waals surface area contributed by atoms with Gasteiger partial charge in [0.15, 0.2) is 5.96 Å². The Morgan fingerprint density at radius 3 is 2.53 bits per heavy atom. The molecule has 1 fully saturated rings. The summed E-state index contributed by atoms with van der Waals surface area (Å²) in [5.74, 6) is 0.466. The molecule has 1 aromatic carbocycles. The van der Waals surface area contributed by atoms with Gasteiger partial charge >= 0.3 is 0 Å². The van der Waals surface area contributed by atoms with Crippen LogP contribution in [0.3, 0.4) is 0 Å². The number of carbonyl (C=O) groups excluding carboxylic acids is 1. The minimum atomic E-state index is -0.242. The Morgan fingerprint density at radius 2 is 1.90 bits per heavy atom. The third-order valence-electron chi connectivity index (χ3n) is 5.17. The minimum absolute atomic E-state index is 0.0326. The first-order chi connectivity index (χ1) is 14.5. The van der Waals surface area contributed by atoms with Gasteiger partial charge in [-0.15, -0.1) is 0 Å². The molecule has 168 valence electrons. The molecule has 1 saturated heterocycles. The second kappa shape index (κ2) is 13.2. The van der Waals surface area contributed by atoms with Gasteiger partial charge in [-0.3, -0.25) is 14.7 Å². The fourth-order valence-electron chi connectivity index (χ4n) is 3.27. The molecule has 7 nitrogen and oxygen atoms in total. The van der Waals surface area contributed by atoms with E-state index < -0.39 is 0 Å². The van der Waals surface area contributed by atoms with E-state index in [1.54, 1.807) is 0 Å². The van der Waals surface area contributed by atoms with Crippen molar-refractivity contribution < 1.29 is 13.9 Å². The summed E-state index contributed by atoms with van der Waals surface area (Å²) in [7, 11) is 0. The topological polar surface area (TPSA) is 78.0 Å². The molecule has 2 rings (SSSR count). The van der Waals surface area contributed by atoms with Crippen LogP contribution < -0.4 is 16.0 Å². The number of ether oxygens (including phenoxy) is 1. The zero-order valence-electron chi connectivity index (χ0n) is 18.4. The highest BCUT2D eigenvalue weighted by atomic mass is 19.1. The maximum absolute atomic E-state index is 13.4. The van der Waals surface area contributed by atoms with Crippen LogP contribution in [0, 0.1) is 5.82 Å². The van der Waals surface area contributed by atoms with Crippen molar-refractivity contribution in [1.29, 1.82) is 0 Å². The Balaban J connectivity index is 1.99. The summed E-state index contributed by atoms with van der Waals surface area (Å²) in [6.07, 6.45) is 1.30. The summed E-state index contributed by atoms with van der Waals surface area (Å²) in [4.78, 5) is 19.0. The summed E-state index contributed by atoms with van der Waals surface area (Å²) < 4.78 is 18.9. The molecule has 2 atom stereocenters. The number of nitrogens with one attached hydrogen (secondary N) is 3. The minimum Gasteiger partial charge on any atom is -0.379 e. The fourth-order valence-corrected chi connectivity index (χ4v) is 3.27. The lowest BCUT2D eigenvalue weighted by Crippen LogP contribution is -2.42. The Labute approximate surface area is 179 Å². The number of nitrogens with zero attached hydrogens (tertiary/aromatic N) is 2. The normalized spacial score (nSPS) is 17.3. The molecular formula is C22H36FN5O2. The first-order valence-corrected chi connectivity index (χ1v) is 10.9. The molecule has 0 aromatic heterocycles. The lowest BCUT2D eigenvalue weighted by atomic mass is 10.0. The molecule has 0 saturated carbocycles. The number of amides is 1. The molecule has 8 heteroatoms. The summed E-state index contributed by atoms with van der Waals surface area (Å²) in [6.45, 7) is 10.8. The molecule has 1 amide bonds. The van der Waals surface area contributed by atoms with Gasteiger partial charge in [0.05, 0.1) is 25.8 Å². The molecule has 0 bridgehead atoms. The number of halogens is 1. The van der Waals surface area contributed by atoms with Gasteiger partial charge in [0.2, 0.25) is 5.91 Å². The maximum Gasteiger partial charge on any atom is 0.221 e. The molecule has 1 aliphatic rings. The van der Waals surface area contributed by atoms with Crippen molar-refractivity contribution in [2.75, 3.05) is 45.9 Å². The van der Waals surface area contributed by atoms with E-state index in [1.165, 1.54) is 12.1 Å². The van der Waals surface area contributed by atoms with Crippen LogP contribution in [-0.4, -0.2) is 68.7 Å². The zero-order chi connectivity index (χ0) is 21.8. The summed E-state index contributed by atoms with van der Waals surface area (Å²) >= 11 is 0. The summed E-state index contributed by atoms with van der Waals surface area (Å²) in [5.41, 5.74) is 1.03. The molecule has 0 spiro atoms. The number of aliphatic imine (C=N–C) groups is 1. The molecule has 0 radical (unpaired) electrons. The van der Waals surface area contributed by atoms with E-state index in [0.29, 0.717) is 38.7 Å². The number of morpholine rings is 1. The van der Waals surface area contributed by atoms with E-state index in [2.05, 4.69) is 20.9 Å². The Bertz CT molecular complexity index is 662. The fraction of sp³-hybridized carbons (Fsp3) is 0.636. The van der Waals surface area contributed by atoms with Gasteiger partial charge in [-0.25, -0.2) is 4.39 Å².